The molecule has 190 valence electrons. The quantitative estimate of drug-likeness (QED) is 0.133. The SMILES string of the molecule is CCCCCCCCCCCCCCCCCC(=O)NCC(OC)C(=O)OCCC(C)C. The van der Waals surface area contributed by atoms with Crippen LogP contribution >= 0.6 is 0 Å². The molecule has 0 aromatic carbocycles. The molecule has 1 amide bonds. The lowest BCUT2D eigenvalue weighted by Gasteiger charge is -2.15. The number of hydrogen-bond acceptors (Lipinski definition) is 4. The predicted molar refractivity (Wildman–Crippen MR) is 134 cm³/mol. The number of amides is 1. The molecular weight excluding hydrogens is 402 g/mol. The fraction of sp³-hybridized carbons (Fsp3) is 0.926. The molecule has 5 heteroatoms. The minimum absolute atomic E-state index is 0.0169. The first-order valence-corrected chi connectivity index (χ1v) is 13.5. The van der Waals surface area contributed by atoms with Gasteiger partial charge in [-0.1, -0.05) is 111 Å². The van der Waals surface area contributed by atoms with E-state index in [-0.39, 0.29) is 12.5 Å². The van der Waals surface area contributed by atoms with Crippen molar-refractivity contribution in [1.29, 1.82) is 0 Å². The Bertz CT molecular complexity index is 439. The van der Waals surface area contributed by atoms with Crippen LogP contribution in [0.5, 0.6) is 0 Å². The van der Waals surface area contributed by atoms with Crippen molar-refractivity contribution in [1.82, 2.24) is 5.32 Å². The smallest absolute Gasteiger partial charge is 0.337 e. The number of rotatable bonds is 23. The van der Waals surface area contributed by atoms with Gasteiger partial charge in [-0.25, -0.2) is 4.79 Å². The maximum atomic E-state index is 12.0. The van der Waals surface area contributed by atoms with E-state index < -0.39 is 12.1 Å². The van der Waals surface area contributed by atoms with Crippen LogP contribution < -0.4 is 5.32 Å². The maximum absolute atomic E-state index is 12.0. The van der Waals surface area contributed by atoms with Gasteiger partial charge in [0.05, 0.1) is 13.2 Å². The molecule has 0 radical (unpaired) electrons. The minimum Gasteiger partial charge on any atom is -0.464 e. The van der Waals surface area contributed by atoms with Crippen LogP contribution in [0.25, 0.3) is 0 Å². The summed E-state index contributed by atoms with van der Waals surface area (Å²) < 4.78 is 10.4. The van der Waals surface area contributed by atoms with Crippen LogP contribution in [0.15, 0.2) is 0 Å². The van der Waals surface area contributed by atoms with Crippen molar-refractivity contribution in [3.8, 4) is 0 Å². The third-order valence-corrected chi connectivity index (χ3v) is 5.98. The molecular formula is C27H53NO4. The normalized spacial score (nSPS) is 12.2. The van der Waals surface area contributed by atoms with Gasteiger partial charge in [-0.05, 0) is 18.8 Å². The number of carbonyl (C=O) groups excluding carboxylic acids is 2. The highest BCUT2D eigenvalue weighted by Crippen LogP contribution is 2.13. The molecule has 0 bridgehead atoms. The zero-order valence-corrected chi connectivity index (χ0v) is 21.7. The van der Waals surface area contributed by atoms with Crippen LogP contribution in [-0.4, -0.2) is 38.2 Å². The van der Waals surface area contributed by atoms with E-state index >= 15 is 0 Å². The Kier molecular flexibility index (Phi) is 22.3. The van der Waals surface area contributed by atoms with Gasteiger partial charge >= 0.3 is 5.97 Å². The average molecular weight is 456 g/mol. The molecule has 0 saturated carbocycles. The number of unbranched alkanes of at least 4 members (excludes halogenated alkanes) is 14. The Hall–Kier alpha value is -1.10. The summed E-state index contributed by atoms with van der Waals surface area (Å²) in [5.41, 5.74) is 0. The molecule has 0 aliphatic heterocycles. The molecule has 0 heterocycles. The fourth-order valence-corrected chi connectivity index (χ4v) is 3.70. The van der Waals surface area contributed by atoms with Gasteiger partial charge in [-0.3, -0.25) is 4.79 Å². The molecule has 1 atom stereocenters. The highest BCUT2D eigenvalue weighted by Gasteiger charge is 2.20. The van der Waals surface area contributed by atoms with Gasteiger partial charge in [-0.15, -0.1) is 0 Å². The number of methoxy groups -OCH3 is 1. The van der Waals surface area contributed by atoms with Crippen LogP contribution in [0.3, 0.4) is 0 Å². The zero-order chi connectivity index (χ0) is 23.9. The second-order valence-electron chi connectivity index (χ2n) is 9.58. The van der Waals surface area contributed by atoms with Crippen molar-refractivity contribution in [3.05, 3.63) is 0 Å². The molecule has 0 aliphatic rings. The molecule has 0 saturated heterocycles. The van der Waals surface area contributed by atoms with Crippen LogP contribution in [0.2, 0.25) is 0 Å². The van der Waals surface area contributed by atoms with Crippen LogP contribution in [0.1, 0.15) is 130 Å². The Labute approximate surface area is 198 Å². The summed E-state index contributed by atoms with van der Waals surface area (Å²) in [5.74, 6) is 0.0653. The summed E-state index contributed by atoms with van der Waals surface area (Å²) in [6.07, 6.45) is 20.3. The highest BCUT2D eigenvalue weighted by atomic mass is 16.6. The molecule has 5 nitrogen and oxygen atoms in total. The monoisotopic (exact) mass is 455 g/mol. The van der Waals surface area contributed by atoms with Crippen molar-refractivity contribution >= 4 is 11.9 Å². The van der Waals surface area contributed by atoms with Crippen molar-refractivity contribution in [2.75, 3.05) is 20.3 Å². The number of carbonyl (C=O) groups is 2. The Morgan fingerprint density at radius 3 is 1.66 bits per heavy atom. The summed E-state index contributed by atoms with van der Waals surface area (Å²) in [6, 6.07) is 0. The molecule has 0 aliphatic carbocycles. The van der Waals surface area contributed by atoms with Gasteiger partial charge in [-0.2, -0.15) is 0 Å². The first-order valence-electron chi connectivity index (χ1n) is 13.5. The molecule has 1 unspecified atom stereocenters. The first kappa shape index (κ1) is 30.9. The van der Waals surface area contributed by atoms with Gasteiger partial charge in [0, 0.05) is 13.5 Å². The number of esters is 1. The van der Waals surface area contributed by atoms with Gasteiger partial charge < -0.3 is 14.8 Å². The van der Waals surface area contributed by atoms with E-state index in [0.29, 0.717) is 18.9 Å². The van der Waals surface area contributed by atoms with Gasteiger partial charge in [0.25, 0.3) is 0 Å². The summed E-state index contributed by atoms with van der Waals surface area (Å²) in [6.45, 7) is 7.00. The summed E-state index contributed by atoms with van der Waals surface area (Å²) in [4.78, 5) is 24.0. The molecule has 0 spiro atoms. The van der Waals surface area contributed by atoms with Crippen molar-refractivity contribution in [2.45, 2.75) is 136 Å². The zero-order valence-electron chi connectivity index (χ0n) is 21.7. The third-order valence-electron chi connectivity index (χ3n) is 5.98. The summed E-state index contributed by atoms with van der Waals surface area (Å²) in [7, 11) is 1.47. The highest BCUT2D eigenvalue weighted by molar-refractivity contribution is 5.78. The number of ether oxygens (including phenoxy) is 2. The Balaban J connectivity index is 3.49. The summed E-state index contributed by atoms with van der Waals surface area (Å²) in [5, 5.41) is 2.80. The van der Waals surface area contributed by atoms with E-state index in [9.17, 15) is 9.59 Å². The van der Waals surface area contributed by atoms with Crippen molar-refractivity contribution in [2.24, 2.45) is 5.92 Å². The summed E-state index contributed by atoms with van der Waals surface area (Å²) >= 11 is 0. The first-order chi connectivity index (χ1) is 15.5. The van der Waals surface area contributed by atoms with Crippen LogP contribution in [-0.2, 0) is 19.1 Å². The fourth-order valence-electron chi connectivity index (χ4n) is 3.70. The minimum atomic E-state index is -0.729. The van der Waals surface area contributed by atoms with Crippen LogP contribution in [0, 0.1) is 5.92 Å². The van der Waals surface area contributed by atoms with E-state index in [1.54, 1.807) is 0 Å². The molecule has 1 N–H and O–H groups in total. The van der Waals surface area contributed by atoms with Crippen molar-refractivity contribution < 1.29 is 19.1 Å². The average Bonchev–Trinajstić information content (AvgIpc) is 2.76. The maximum Gasteiger partial charge on any atom is 0.337 e. The standard InChI is InChI=1S/C27H53NO4/c1-5-6-7-8-9-10-11-12-13-14-15-16-17-18-19-20-26(29)28-23-25(31-4)27(30)32-22-21-24(2)3/h24-25H,5-23H2,1-4H3,(H,28,29). The Morgan fingerprint density at radius 1 is 0.750 bits per heavy atom. The third kappa shape index (κ3) is 20.8. The molecule has 32 heavy (non-hydrogen) atoms. The Morgan fingerprint density at radius 2 is 1.22 bits per heavy atom. The number of nitrogens with one attached hydrogen (secondary N) is 1. The van der Waals surface area contributed by atoms with Crippen LogP contribution in [0.4, 0.5) is 0 Å². The topological polar surface area (TPSA) is 64.6 Å². The van der Waals surface area contributed by atoms with E-state index in [0.717, 1.165) is 19.3 Å². The second kappa shape index (κ2) is 23.1. The lowest BCUT2D eigenvalue weighted by atomic mass is 10.0. The molecule has 0 aromatic heterocycles. The van der Waals surface area contributed by atoms with E-state index in [1.165, 1.54) is 90.6 Å². The lowest BCUT2D eigenvalue weighted by Crippen LogP contribution is -2.39. The van der Waals surface area contributed by atoms with Crippen molar-refractivity contribution in [3.63, 3.8) is 0 Å². The largest absolute Gasteiger partial charge is 0.464 e. The molecule has 0 fully saturated rings. The van der Waals surface area contributed by atoms with E-state index in [4.69, 9.17) is 9.47 Å². The molecule has 0 rings (SSSR count). The predicted octanol–water partition coefficient (Wildman–Crippen LogP) is 6.97. The van der Waals surface area contributed by atoms with Gasteiger partial charge in [0.1, 0.15) is 0 Å². The number of hydrogen-bond donors (Lipinski definition) is 1. The van der Waals surface area contributed by atoms with Gasteiger partial charge in [0.15, 0.2) is 6.10 Å². The second-order valence-corrected chi connectivity index (χ2v) is 9.58. The van der Waals surface area contributed by atoms with E-state index in [2.05, 4.69) is 26.1 Å². The lowest BCUT2D eigenvalue weighted by molar-refractivity contribution is -0.155. The van der Waals surface area contributed by atoms with Gasteiger partial charge in [0.2, 0.25) is 5.91 Å². The van der Waals surface area contributed by atoms with E-state index in [1.807, 2.05) is 0 Å². The molecule has 0 aromatic rings.